The zero-order valence-corrected chi connectivity index (χ0v) is 13.6. The van der Waals surface area contributed by atoms with Crippen LogP contribution in [0.4, 0.5) is 5.69 Å². The van der Waals surface area contributed by atoms with Gasteiger partial charge in [0, 0.05) is 11.1 Å². The molecule has 118 valence electrons. The number of fused-ring (bicyclic) bond motifs is 1. The van der Waals surface area contributed by atoms with Gasteiger partial charge in [-0.25, -0.2) is 0 Å². The SMILES string of the molecule is CCc1cccc(C)c1NC(=O)Cc1noc2ccc(C)cc12. The summed E-state index contributed by atoms with van der Waals surface area (Å²) in [5.74, 6) is -0.0780. The number of nitrogens with zero attached hydrogens (tertiary/aromatic N) is 1. The predicted octanol–water partition coefficient (Wildman–Crippen LogP) is 4.19. The van der Waals surface area contributed by atoms with Gasteiger partial charge in [0.05, 0.1) is 6.42 Å². The van der Waals surface area contributed by atoms with Gasteiger partial charge in [0.15, 0.2) is 5.58 Å². The Labute approximate surface area is 135 Å². The van der Waals surface area contributed by atoms with Gasteiger partial charge in [-0.05, 0) is 43.5 Å². The highest BCUT2D eigenvalue weighted by Gasteiger charge is 2.14. The first-order valence-corrected chi connectivity index (χ1v) is 7.81. The van der Waals surface area contributed by atoms with Gasteiger partial charge in [-0.1, -0.05) is 41.9 Å². The average Bonchev–Trinajstić information content (AvgIpc) is 2.91. The molecule has 3 rings (SSSR count). The van der Waals surface area contributed by atoms with Crippen molar-refractivity contribution in [2.45, 2.75) is 33.6 Å². The second-order valence-electron chi connectivity index (χ2n) is 5.82. The molecule has 1 N–H and O–H groups in total. The second-order valence-corrected chi connectivity index (χ2v) is 5.82. The minimum Gasteiger partial charge on any atom is -0.356 e. The number of amides is 1. The van der Waals surface area contributed by atoms with Gasteiger partial charge in [0.2, 0.25) is 5.91 Å². The number of carbonyl (C=O) groups excluding carboxylic acids is 1. The van der Waals surface area contributed by atoms with Crippen LogP contribution in [0.25, 0.3) is 11.0 Å². The van der Waals surface area contributed by atoms with Crippen molar-refractivity contribution in [3.8, 4) is 0 Å². The molecule has 0 atom stereocenters. The Hall–Kier alpha value is -2.62. The number of aromatic nitrogens is 1. The van der Waals surface area contributed by atoms with Gasteiger partial charge in [-0.15, -0.1) is 0 Å². The summed E-state index contributed by atoms with van der Waals surface area (Å²) in [4.78, 5) is 12.4. The molecule has 4 heteroatoms. The van der Waals surface area contributed by atoms with Crippen LogP contribution in [0, 0.1) is 13.8 Å². The molecule has 0 bridgehead atoms. The van der Waals surface area contributed by atoms with Crippen molar-refractivity contribution in [2.75, 3.05) is 5.32 Å². The smallest absolute Gasteiger partial charge is 0.230 e. The first kappa shape index (κ1) is 15.3. The number of carbonyl (C=O) groups is 1. The van der Waals surface area contributed by atoms with Crippen LogP contribution in [-0.2, 0) is 17.6 Å². The van der Waals surface area contributed by atoms with E-state index in [0.717, 1.165) is 34.2 Å². The molecule has 2 aromatic carbocycles. The van der Waals surface area contributed by atoms with Crippen LogP contribution < -0.4 is 5.32 Å². The van der Waals surface area contributed by atoms with Crippen molar-refractivity contribution in [3.05, 3.63) is 58.8 Å². The Morgan fingerprint density at radius 1 is 1.22 bits per heavy atom. The normalized spacial score (nSPS) is 10.9. The molecule has 3 aromatic rings. The lowest BCUT2D eigenvalue weighted by Crippen LogP contribution is -2.16. The van der Waals surface area contributed by atoms with Crippen molar-refractivity contribution >= 4 is 22.6 Å². The quantitative estimate of drug-likeness (QED) is 0.786. The van der Waals surface area contributed by atoms with Crippen molar-refractivity contribution in [2.24, 2.45) is 0 Å². The monoisotopic (exact) mass is 308 g/mol. The molecule has 1 amide bonds. The van der Waals surface area contributed by atoms with Crippen LogP contribution in [0.5, 0.6) is 0 Å². The molecule has 0 unspecified atom stereocenters. The summed E-state index contributed by atoms with van der Waals surface area (Å²) in [5.41, 5.74) is 5.62. The third-order valence-electron chi connectivity index (χ3n) is 4.03. The van der Waals surface area contributed by atoms with E-state index in [1.54, 1.807) is 0 Å². The maximum atomic E-state index is 12.4. The molecule has 0 fully saturated rings. The standard InChI is InChI=1S/C19H20N2O2/c1-4-14-7-5-6-13(3)19(14)20-18(22)11-16-15-10-12(2)8-9-17(15)23-21-16/h5-10H,4,11H2,1-3H3,(H,20,22). The molecule has 4 nitrogen and oxygen atoms in total. The van der Waals surface area contributed by atoms with E-state index in [1.807, 2.05) is 50.2 Å². The third-order valence-corrected chi connectivity index (χ3v) is 4.03. The third kappa shape index (κ3) is 3.11. The maximum Gasteiger partial charge on any atom is 0.230 e. The Morgan fingerprint density at radius 2 is 2.04 bits per heavy atom. The number of hydrogen-bond donors (Lipinski definition) is 1. The molecule has 23 heavy (non-hydrogen) atoms. The molecule has 0 aliphatic heterocycles. The van der Waals surface area contributed by atoms with E-state index in [4.69, 9.17) is 4.52 Å². The number of hydrogen-bond acceptors (Lipinski definition) is 3. The number of benzene rings is 2. The van der Waals surface area contributed by atoms with Gasteiger partial charge < -0.3 is 9.84 Å². The van der Waals surface area contributed by atoms with E-state index < -0.39 is 0 Å². The first-order valence-electron chi connectivity index (χ1n) is 7.81. The fourth-order valence-electron chi connectivity index (χ4n) is 2.77. The molecule has 1 heterocycles. The van der Waals surface area contributed by atoms with Crippen LogP contribution in [0.2, 0.25) is 0 Å². The minimum atomic E-state index is -0.0780. The Balaban J connectivity index is 1.83. The lowest BCUT2D eigenvalue weighted by molar-refractivity contribution is -0.115. The summed E-state index contributed by atoms with van der Waals surface area (Å²) < 4.78 is 5.29. The Morgan fingerprint density at radius 3 is 2.83 bits per heavy atom. The Bertz CT molecular complexity index is 865. The minimum absolute atomic E-state index is 0.0780. The summed E-state index contributed by atoms with van der Waals surface area (Å²) in [6.07, 6.45) is 1.08. The van der Waals surface area contributed by atoms with E-state index in [0.29, 0.717) is 11.3 Å². The Kier molecular flexibility index (Phi) is 4.15. The van der Waals surface area contributed by atoms with Crippen molar-refractivity contribution in [1.29, 1.82) is 0 Å². The highest BCUT2D eigenvalue weighted by atomic mass is 16.5. The van der Waals surface area contributed by atoms with E-state index in [1.165, 1.54) is 0 Å². The fraction of sp³-hybridized carbons (Fsp3) is 0.263. The summed E-state index contributed by atoms with van der Waals surface area (Å²) >= 11 is 0. The molecular weight excluding hydrogens is 288 g/mol. The van der Waals surface area contributed by atoms with Gasteiger partial charge >= 0.3 is 0 Å². The van der Waals surface area contributed by atoms with Gasteiger partial charge in [-0.2, -0.15) is 0 Å². The fourth-order valence-corrected chi connectivity index (χ4v) is 2.77. The molecule has 1 aromatic heterocycles. The number of aryl methyl sites for hydroxylation is 3. The molecule has 0 saturated carbocycles. The van der Waals surface area contributed by atoms with Gasteiger partial charge in [0.1, 0.15) is 5.69 Å². The molecule has 0 spiro atoms. The van der Waals surface area contributed by atoms with Crippen molar-refractivity contribution in [3.63, 3.8) is 0 Å². The number of para-hydroxylation sites is 1. The van der Waals surface area contributed by atoms with Crippen LogP contribution in [0.3, 0.4) is 0 Å². The number of rotatable bonds is 4. The van der Waals surface area contributed by atoms with E-state index in [2.05, 4.69) is 17.4 Å². The molecule has 0 aliphatic rings. The second kappa shape index (κ2) is 6.24. The van der Waals surface area contributed by atoms with Crippen molar-refractivity contribution < 1.29 is 9.32 Å². The van der Waals surface area contributed by atoms with Crippen LogP contribution in [-0.4, -0.2) is 11.1 Å². The molecule has 0 radical (unpaired) electrons. The largest absolute Gasteiger partial charge is 0.356 e. The van der Waals surface area contributed by atoms with E-state index >= 15 is 0 Å². The zero-order valence-electron chi connectivity index (χ0n) is 13.6. The topological polar surface area (TPSA) is 55.1 Å². The molecule has 0 aliphatic carbocycles. The highest BCUT2D eigenvalue weighted by Crippen LogP contribution is 2.23. The first-order chi connectivity index (χ1) is 11.1. The van der Waals surface area contributed by atoms with E-state index in [-0.39, 0.29) is 12.3 Å². The van der Waals surface area contributed by atoms with Crippen LogP contribution >= 0.6 is 0 Å². The lowest BCUT2D eigenvalue weighted by atomic mass is 10.1. The summed E-state index contributed by atoms with van der Waals surface area (Å²) in [5, 5.41) is 7.98. The summed E-state index contributed by atoms with van der Waals surface area (Å²) in [6.45, 7) is 6.10. The number of anilines is 1. The van der Waals surface area contributed by atoms with E-state index in [9.17, 15) is 4.79 Å². The predicted molar refractivity (Wildman–Crippen MR) is 91.6 cm³/mol. The maximum absolute atomic E-state index is 12.4. The summed E-state index contributed by atoms with van der Waals surface area (Å²) in [6, 6.07) is 11.9. The van der Waals surface area contributed by atoms with Gasteiger partial charge in [-0.3, -0.25) is 4.79 Å². The van der Waals surface area contributed by atoms with Crippen LogP contribution in [0.1, 0.15) is 29.3 Å². The molecule has 0 saturated heterocycles. The zero-order chi connectivity index (χ0) is 16.4. The highest BCUT2D eigenvalue weighted by molar-refractivity contribution is 5.95. The van der Waals surface area contributed by atoms with Crippen LogP contribution in [0.15, 0.2) is 40.9 Å². The number of nitrogens with one attached hydrogen (secondary N) is 1. The summed E-state index contributed by atoms with van der Waals surface area (Å²) in [7, 11) is 0. The van der Waals surface area contributed by atoms with Crippen molar-refractivity contribution in [1.82, 2.24) is 5.16 Å². The average molecular weight is 308 g/mol. The molecular formula is C19H20N2O2. The van der Waals surface area contributed by atoms with Gasteiger partial charge in [0.25, 0.3) is 0 Å². The lowest BCUT2D eigenvalue weighted by Gasteiger charge is -2.12.